The molecule has 1 aromatic carbocycles. The van der Waals surface area contributed by atoms with Gasteiger partial charge in [-0.15, -0.1) is 0 Å². The Kier molecular flexibility index (Phi) is 3.57. The predicted molar refractivity (Wildman–Crippen MR) is 60.7 cm³/mol. The second-order valence-corrected chi connectivity index (χ2v) is 4.40. The molecule has 0 aliphatic carbocycles. The maximum absolute atomic E-state index is 10.1. The number of aryl methyl sites for hydroxylation is 1. The van der Waals surface area contributed by atoms with Gasteiger partial charge in [-0.1, -0.05) is 37.1 Å². The Morgan fingerprint density at radius 3 is 2.57 bits per heavy atom. The van der Waals surface area contributed by atoms with Crippen LogP contribution in [0.15, 0.2) is 18.2 Å². The Hall–Kier alpha value is -0.530. The molecule has 0 aliphatic heterocycles. The Labute approximate surface area is 90.7 Å². The molecule has 0 heterocycles. The third kappa shape index (κ3) is 2.49. The Morgan fingerprint density at radius 1 is 1.43 bits per heavy atom. The molecule has 0 saturated heterocycles. The maximum Gasteiger partial charge on any atom is 0.0869 e. The number of aliphatic hydroxyl groups is 1. The summed E-state index contributed by atoms with van der Waals surface area (Å²) >= 11 is 6.01. The molecule has 0 bridgehead atoms. The molecule has 2 heteroatoms. The summed E-state index contributed by atoms with van der Waals surface area (Å²) in [6.07, 6.45) is 1.71. The van der Waals surface area contributed by atoms with Crippen molar-refractivity contribution in [3.05, 3.63) is 34.3 Å². The van der Waals surface area contributed by atoms with Crippen molar-refractivity contribution < 1.29 is 5.11 Å². The van der Waals surface area contributed by atoms with E-state index in [1.807, 2.05) is 32.0 Å². The van der Waals surface area contributed by atoms with Crippen molar-refractivity contribution in [3.8, 4) is 0 Å². The van der Waals surface area contributed by atoms with Crippen LogP contribution in [0, 0.1) is 6.92 Å². The molecule has 0 saturated carbocycles. The Bertz CT molecular complexity index is 318. The number of halogens is 1. The molecule has 1 N–H and O–H groups in total. The highest BCUT2D eigenvalue weighted by Gasteiger charge is 2.21. The van der Waals surface area contributed by atoms with Crippen molar-refractivity contribution >= 4 is 11.6 Å². The summed E-state index contributed by atoms with van der Waals surface area (Å²) in [6.45, 7) is 5.85. The van der Waals surface area contributed by atoms with Gasteiger partial charge < -0.3 is 5.11 Å². The standard InChI is InChI=1S/C12H17ClO/c1-4-7-12(3,14)10-6-5-9(2)11(13)8-10/h5-6,8,14H,4,7H2,1-3H3/t12-/m1/s1. The third-order valence-electron chi connectivity index (χ3n) is 2.53. The Balaban J connectivity index is 3.01. The number of hydrogen-bond donors (Lipinski definition) is 1. The minimum atomic E-state index is -0.758. The molecule has 1 aromatic rings. The van der Waals surface area contributed by atoms with Crippen LogP contribution in [0.1, 0.15) is 37.8 Å². The average Bonchev–Trinajstić information content (AvgIpc) is 2.09. The second kappa shape index (κ2) is 4.33. The maximum atomic E-state index is 10.1. The zero-order valence-corrected chi connectivity index (χ0v) is 9.73. The molecular formula is C12H17ClO. The minimum absolute atomic E-state index is 0.721. The Morgan fingerprint density at radius 2 is 2.07 bits per heavy atom. The lowest BCUT2D eigenvalue weighted by molar-refractivity contribution is 0.0470. The van der Waals surface area contributed by atoms with E-state index in [0.29, 0.717) is 0 Å². The summed E-state index contributed by atoms with van der Waals surface area (Å²) in [5, 5.41) is 10.9. The van der Waals surface area contributed by atoms with Gasteiger partial charge in [0.2, 0.25) is 0 Å². The van der Waals surface area contributed by atoms with Crippen molar-refractivity contribution in [3.63, 3.8) is 0 Å². The first kappa shape index (κ1) is 11.5. The molecule has 1 nitrogen and oxygen atoms in total. The topological polar surface area (TPSA) is 20.2 Å². The highest BCUT2D eigenvalue weighted by molar-refractivity contribution is 6.31. The summed E-state index contributed by atoms with van der Waals surface area (Å²) in [5.41, 5.74) is 1.18. The van der Waals surface area contributed by atoms with Gasteiger partial charge in [-0.25, -0.2) is 0 Å². The van der Waals surface area contributed by atoms with Gasteiger partial charge in [0.05, 0.1) is 5.60 Å². The molecule has 0 unspecified atom stereocenters. The molecule has 1 atom stereocenters. The fraction of sp³-hybridized carbons (Fsp3) is 0.500. The van der Waals surface area contributed by atoms with Crippen molar-refractivity contribution in [2.75, 3.05) is 0 Å². The summed E-state index contributed by atoms with van der Waals surface area (Å²) < 4.78 is 0. The van der Waals surface area contributed by atoms with Crippen LogP contribution in [0.5, 0.6) is 0 Å². The normalized spacial score (nSPS) is 15.2. The van der Waals surface area contributed by atoms with E-state index in [9.17, 15) is 5.11 Å². The van der Waals surface area contributed by atoms with Gasteiger partial charge >= 0.3 is 0 Å². The van der Waals surface area contributed by atoms with Crippen LogP contribution in [-0.4, -0.2) is 5.11 Å². The first-order valence-corrected chi connectivity index (χ1v) is 5.34. The third-order valence-corrected chi connectivity index (χ3v) is 2.94. The van der Waals surface area contributed by atoms with E-state index in [-0.39, 0.29) is 0 Å². The van der Waals surface area contributed by atoms with Crippen molar-refractivity contribution in [2.45, 2.75) is 39.2 Å². The summed E-state index contributed by atoms with van der Waals surface area (Å²) in [6, 6.07) is 5.74. The molecular weight excluding hydrogens is 196 g/mol. The number of benzene rings is 1. The molecule has 78 valence electrons. The zero-order chi connectivity index (χ0) is 10.8. The lowest BCUT2D eigenvalue weighted by Gasteiger charge is -2.23. The zero-order valence-electron chi connectivity index (χ0n) is 8.97. The van der Waals surface area contributed by atoms with E-state index < -0.39 is 5.60 Å². The van der Waals surface area contributed by atoms with Gasteiger partial charge in [0, 0.05) is 5.02 Å². The van der Waals surface area contributed by atoms with Crippen molar-refractivity contribution in [2.24, 2.45) is 0 Å². The van der Waals surface area contributed by atoms with Crippen LogP contribution in [0.4, 0.5) is 0 Å². The van der Waals surface area contributed by atoms with E-state index in [1.54, 1.807) is 0 Å². The molecule has 1 rings (SSSR count). The SMILES string of the molecule is CCC[C@@](C)(O)c1ccc(C)c(Cl)c1. The van der Waals surface area contributed by atoms with Crippen LogP contribution in [0.3, 0.4) is 0 Å². The van der Waals surface area contributed by atoms with E-state index in [4.69, 9.17) is 11.6 Å². The molecule has 14 heavy (non-hydrogen) atoms. The van der Waals surface area contributed by atoms with E-state index in [2.05, 4.69) is 6.92 Å². The summed E-state index contributed by atoms with van der Waals surface area (Å²) in [4.78, 5) is 0. The van der Waals surface area contributed by atoms with Crippen molar-refractivity contribution in [1.29, 1.82) is 0 Å². The number of hydrogen-bond acceptors (Lipinski definition) is 1. The van der Waals surface area contributed by atoms with Crippen LogP contribution in [-0.2, 0) is 5.60 Å². The monoisotopic (exact) mass is 212 g/mol. The lowest BCUT2D eigenvalue weighted by atomic mass is 9.91. The summed E-state index contributed by atoms with van der Waals surface area (Å²) in [7, 11) is 0. The fourth-order valence-electron chi connectivity index (χ4n) is 1.56. The summed E-state index contributed by atoms with van der Waals surface area (Å²) in [5.74, 6) is 0. The van der Waals surface area contributed by atoms with Gasteiger partial charge in [-0.05, 0) is 37.5 Å². The highest BCUT2D eigenvalue weighted by Crippen LogP contribution is 2.29. The van der Waals surface area contributed by atoms with Gasteiger partial charge in [-0.2, -0.15) is 0 Å². The van der Waals surface area contributed by atoms with Gasteiger partial charge in [-0.3, -0.25) is 0 Å². The van der Waals surface area contributed by atoms with E-state index in [1.165, 1.54) is 0 Å². The van der Waals surface area contributed by atoms with Gasteiger partial charge in [0.15, 0.2) is 0 Å². The smallest absolute Gasteiger partial charge is 0.0869 e. The van der Waals surface area contributed by atoms with E-state index >= 15 is 0 Å². The van der Waals surface area contributed by atoms with E-state index in [0.717, 1.165) is 29.0 Å². The number of rotatable bonds is 3. The molecule has 0 spiro atoms. The van der Waals surface area contributed by atoms with Crippen LogP contribution in [0.2, 0.25) is 5.02 Å². The second-order valence-electron chi connectivity index (χ2n) is 3.99. The molecule has 0 fully saturated rings. The van der Waals surface area contributed by atoms with Crippen molar-refractivity contribution in [1.82, 2.24) is 0 Å². The van der Waals surface area contributed by atoms with Gasteiger partial charge in [0.1, 0.15) is 0 Å². The molecule has 0 aliphatic rings. The molecule has 0 aromatic heterocycles. The molecule has 0 radical (unpaired) electrons. The molecule has 0 amide bonds. The lowest BCUT2D eigenvalue weighted by Crippen LogP contribution is -2.20. The van der Waals surface area contributed by atoms with Crippen LogP contribution in [0.25, 0.3) is 0 Å². The highest BCUT2D eigenvalue weighted by atomic mass is 35.5. The largest absolute Gasteiger partial charge is 0.385 e. The minimum Gasteiger partial charge on any atom is -0.385 e. The fourth-order valence-corrected chi connectivity index (χ4v) is 1.74. The van der Waals surface area contributed by atoms with Crippen LogP contribution >= 0.6 is 11.6 Å². The first-order valence-electron chi connectivity index (χ1n) is 4.96. The average molecular weight is 213 g/mol. The quantitative estimate of drug-likeness (QED) is 0.811. The first-order chi connectivity index (χ1) is 6.47. The van der Waals surface area contributed by atoms with Gasteiger partial charge in [0.25, 0.3) is 0 Å². The van der Waals surface area contributed by atoms with Crippen LogP contribution < -0.4 is 0 Å². The predicted octanol–water partition coefficient (Wildman–Crippen LogP) is 3.66.